The summed E-state index contributed by atoms with van der Waals surface area (Å²) in [4.78, 5) is 31.8. The predicted octanol–water partition coefficient (Wildman–Crippen LogP) is 1.42. The Labute approximate surface area is 161 Å². The Hall–Kier alpha value is -2.17. The number of sulfonamides is 1. The number of benzene rings is 1. The lowest BCUT2D eigenvalue weighted by atomic mass is 9.97. The number of carbonyl (C=O) groups is 1. The summed E-state index contributed by atoms with van der Waals surface area (Å²) >= 11 is 1.17. The number of primary sulfonamides is 1. The number of anilines is 1. The fraction of sp³-hybridized carbons (Fsp3) is 0.353. The van der Waals surface area contributed by atoms with E-state index in [1.165, 1.54) is 36.0 Å². The number of aromatic amines is 1. The number of rotatable bonds is 5. The number of hydrogen-bond donors (Lipinski definition) is 3. The number of aromatic nitrogens is 2. The van der Waals surface area contributed by atoms with Gasteiger partial charge in [-0.2, -0.15) is 0 Å². The van der Waals surface area contributed by atoms with Gasteiger partial charge < -0.3 is 10.3 Å². The van der Waals surface area contributed by atoms with E-state index in [0.29, 0.717) is 10.8 Å². The van der Waals surface area contributed by atoms with Gasteiger partial charge in [-0.05, 0) is 56.9 Å². The van der Waals surface area contributed by atoms with Crippen molar-refractivity contribution >= 4 is 33.4 Å². The summed E-state index contributed by atoms with van der Waals surface area (Å²) in [6.45, 7) is 1.71. The topological polar surface area (TPSA) is 135 Å². The van der Waals surface area contributed by atoms with Crippen LogP contribution in [-0.4, -0.2) is 29.5 Å². The summed E-state index contributed by atoms with van der Waals surface area (Å²) in [5, 5.41) is 7.67. The van der Waals surface area contributed by atoms with Gasteiger partial charge in [0.05, 0.1) is 15.8 Å². The summed E-state index contributed by atoms with van der Waals surface area (Å²) in [6.07, 6.45) is 3.53. The van der Waals surface area contributed by atoms with Gasteiger partial charge in [0.15, 0.2) is 5.16 Å². The molecule has 1 aromatic carbocycles. The van der Waals surface area contributed by atoms with E-state index < -0.39 is 15.3 Å². The van der Waals surface area contributed by atoms with Crippen LogP contribution >= 0.6 is 11.8 Å². The maximum Gasteiger partial charge on any atom is 0.254 e. The summed E-state index contributed by atoms with van der Waals surface area (Å²) in [5.74, 6) is -0.288. The van der Waals surface area contributed by atoms with Crippen molar-refractivity contribution in [1.82, 2.24) is 9.97 Å². The molecule has 3 rings (SSSR count). The first-order valence-corrected chi connectivity index (χ1v) is 10.9. The van der Waals surface area contributed by atoms with Crippen molar-refractivity contribution in [3.63, 3.8) is 0 Å². The van der Waals surface area contributed by atoms with Gasteiger partial charge in [-0.25, -0.2) is 18.5 Å². The van der Waals surface area contributed by atoms with Crippen LogP contribution in [0.25, 0.3) is 0 Å². The van der Waals surface area contributed by atoms with Crippen LogP contribution in [0.2, 0.25) is 0 Å². The molecule has 1 atom stereocenters. The predicted molar refractivity (Wildman–Crippen MR) is 103 cm³/mol. The lowest BCUT2D eigenvalue weighted by molar-refractivity contribution is -0.115. The molecule has 0 fully saturated rings. The van der Waals surface area contributed by atoms with Crippen molar-refractivity contribution in [1.29, 1.82) is 0 Å². The summed E-state index contributed by atoms with van der Waals surface area (Å²) in [6, 6.07) is 5.58. The third-order valence-electron chi connectivity index (χ3n) is 4.28. The highest BCUT2D eigenvalue weighted by atomic mass is 32.2. The lowest BCUT2D eigenvalue weighted by Gasteiger charge is -2.16. The van der Waals surface area contributed by atoms with Gasteiger partial charge in [-0.15, -0.1) is 0 Å². The van der Waals surface area contributed by atoms with Gasteiger partial charge in [0.2, 0.25) is 15.9 Å². The second-order valence-electron chi connectivity index (χ2n) is 6.32. The lowest BCUT2D eigenvalue weighted by Crippen LogP contribution is -2.25. The minimum atomic E-state index is -3.78. The molecule has 144 valence electrons. The van der Waals surface area contributed by atoms with Gasteiger partial charge in [0, 0.05) is 11.3 Å². The number of nitrogens with one attached hydrogen (secondary N) is 2. The van der Waals surface area contributed by atoms with E-state index in [0.717, 1.165) is 36.9 Å². The second kappa shape index (κ2) is 7.83. The van der Waals surface area contributed by atoms with E-state index in [9.17, 15) is 18.0 Å². The fourth-order valence-electron chi connectivity index (χ4n) is 2.83. The molecule has 10 heteroatoms. The highest BCUT2D eigenvalue weighted by Gasteiger charge is 2.20. The van der Waals surface area contributed by atoms with Crippen molar-refractivity contribution in [2.75, 3.05) is 5.32 Å². The van der Waals surface area contributed by atoms with Crippen molar-refractivity contribution in [2.45, 2.75) is 47.9 Å². The average molecular weight is 409 g/mol. The van der Waals surface area contributed by atoms with E-state index in [1.807, 2.05) is 0 Å². The molecule has 0 saturated carbocycles. The number of hydrogen-bond acceptors (Lipinski definition) is 6. The van der Waals surface area contributed by atoms with Crippen LogP contribution in [0, 0.1) is 0 Å². The zero-order chi connectivity index (χ0) is 19.6. The van der Waals surface area contributed by atoms with Crippen molar-refractivity contribution in [3.8, 4) is 0 Å². The van der Waals surface area contributed by atoms with E-state index in [4.69, 9.17) is 5.14 Å². The normalized spacial score (nSPS) is 15.0. The number of thioether (sulfide) groups is 1. The molecule has 8 nitrogen and oxygen atoms in total. The molecule has 0 spiro atoms. The largest absolute Gasteiger partial charge is 0.325 e. The molecular weight excluding hydrogens is 388 g/mol. The van der Waals surface area contributed by atoms with E-state index >= 15 is 0 Å². The summed E-state index contributed by atoms with van der Waals surface area (Å²) in [5.41, 5.74) is 1.89. The number of nitrogens with zero attached hydrogens (tertiary/aromatic N) is 1. The molecule has 4 N–H and O–H groups in total. The van der Waals surface area contributed by atoms with Gasteiger partial charge in [0.25, 0.3) is 5.56 Å². The monoisotopic (exact) mass is 408 g/mol. The first-order chi connectivity index (χ1) is 12.7. The smallest absolute Gasteiger partial charge is 0.254 e. The maximum absolute atomic E-state index is 12.4. The molecule has 1 aromatic heterocycles. The second-order valence-corrected chi connectivity index (χ2v) is 9.21. The Morgan fingerprint density at radius 3 is 2.59 bits per heavy atom. The van der Waals surface area contributed by atoms with Gasteiger partial charge in [0.1, 0.15) is 0 Å². The zero-order valence-corrected chi connectivity index (χ0v) is 16.3. The van der Waals surface area contributed by atoms with Gasteiger partial charge >= 0.3 is 0 Å². The Kier molecular flexibility index (Phi) is 5.68. The van der Waals surface area contributed by atoms with Crippen molar-refractivity contribution in [3.05, 3.63) is 45.9 Å². The number of fused-ring (bicyclic) bond motifs is 1. The molecule has 0 unspecified atom stereocenters. The van der Waals surface area contributed by atoms with Gasteiger partial charge in [-0.1, -0.05) is 11.8 Å². The van der Waals surface area contributed by atoms with Crippen molar-refractivity contribution < 1.29 is 13.2 Å². The van der Waals surface area contributed by atoms with Crippen molar-refractivity contribution in [2.24, 2.45) is 5.14 Å². The number of aryl methyl sites for hydroxylation is 1. The first-order valence-electron chi connectivity index (χ1n) is 8.46. The van der Waals surface area contributed by atoms with Crippen LogP contribution in [-0.2, 0) is 27.7 Å². The number of amides is 1. The quantitative estimate of drug-likeness (QED) is 0.506. The van der Waals surface area contributed by atoms with Crippen LogP contribution in [0.1, 0.15) is 31.0 Å². The maximum atomic E-state index is 12.4. The Morgan fingerprint density at radius 2 is 1.93 bits per heavy atom. The summed E-state index contributed by atoms with van der Waals surface area (Å²) < 4.78 is 22.5. The van der Waals surface area contributed by atoms with Crippen LogP contribution in [0.5, 0.6) is 0 Å². The number of H-pyrrole nitrogens is 1. The molecule has 0 radical (unpaired) electrons. The van der Waals surface area contributed by atoms with E-state index in [2.05, 4.69) is 15.3 Å². The van der Waals surface area contributed by atoms with E-state index in [1.54, 1.807) is 6.92 Å². The molecule has 1 aliphatic carbocycles. The first kappa shape index (κ1) is 19.6. The molecular formula is C17H20N4O4S2. The molecule has 0 bridgehead atoms. The SMILES string of the molecule is C[C@H](Sc1nc2c(c(=O)[nH]1)CCCC2)C(=O)Nc1ccc(S(N)(=O)=O)cc1. The number of carbonyl (C=O) groups excluding carboxylic acids is 1. The highest BCUT2D eigenvalue weighted by molar-refractivity contribution is 8.00. The number of nitrogens with two attached hydrogens (primary N) is 1. The average Bonchev–Trinajstić information content (AvgIpc) is 2.61. The fourth-order valence-corrected chi connectivity index (χ4v) is 4.16. The molecule has 0 aliphatic heterocycles. The molecule has 1 amide bonds. The molecule has 1 heterocycles. The molecule has 2 aromatic rings. The minimum Gasteiger partial charge on any atom is -0.325 e. The molecule has 1 aliphatic rings. The van der Waals surface area contributed by atoms with Crippen LogP contribution in [0.3, 0.4) is 0 Å². The summed E-state index contributed by atoms with van der Waals surface area (Å²) in [7, 11) is -3.78. The zero-order valence-electron chi connectivity index (χ0n) is 14.7. The third-order valence-corrected chi connectivity index (χ3v) is 6.19. The van der Waals surface area contributed by atoms with Crippen LogP contribution < -0.4 is 16.0 Å². The Bertz CT molecular complexity index is 1020. The molecule has 0 saturated heterocycles. The van der Waals surface area contributed by atoms with Gasteiger partial charge in [-0.3, -0.25) is 9.59 Å². The third kappa shape index (κ3) is 4.76. The Balaban J connectivity index is 1.67. The standard InChI is InChI=1S/C17H20N4O4S2/c1-10(15(22)19-11-6-8-12(9-7-11)27(18,24)25)26-17-20-14-5-3-2-4-13(14)16(23)21-17/h6-10H,2-5H2,1H3,(H,19,22)(H2,18,24,25)(H,20,21,23)/t10-/m0/s1. The minimum absolute atomic E-state index is 0.0289. The molecule has 27 heavy (non-hydrogen) atoms. The Morgan fingerprint density at radius 1 is 1.26 bits per heavy atom. The van der Waals surface area contributed by atoms with Crippen LogP contribution in [0.4, 0.5) is 5.69 Å². The highest BCUT2D eigenvalue weighted by Crippen LogP contribution is 2.23. The van der Waals surface area contributed by atoms with E-state index in [-0.39, 0.29) is 16.4 Å². The van der Waals surface area contributed by atoms with Crippen LogP contribution in [0.15, 0.2) is 39.1 Å².